The van der Waals surface area contributed by atoms with Crippen molar-refractivity contribution < 1.29 is 22.7 Å². The monoisotopic (exact) mass is 317 g/mol. The highest BCUT2D eigenvalue weighted by Gasteiger charge is 2.48. The molecule has 8 heteroatoms. The summed E-state index contributed by atoms with van der Waals surface area (Å²) in [7, 11) is 0. The largest absolute Gasteiger partial charge is 0.462 e. The summed E-state index contributed by atoms with van der Waals surface area (Å²) in [6.45, 7) is 1.20. The Hall–Kier alpha value is -0.980. The first-order chi connectivity index (χ1) is 8.30. The summed E-state index contributed by atoms with van der Waals surface area (Å²) in [6, 6.07) is 0.792. The summed E-state index contributed by atoms with van der Waals surface area (Å²) in [5, 5.41) is -0.272. The predicted octanol–water partition coefficient (Wildman–Crippen LogP) is 3.10. The molecule has 0 radical (unpaired) electrons. The van der Waals surface area contributed by atoms with Crippen molar-refractivity contribution in [1.82, 2.24) is 0 Å². The third kappa shape index (κ3) is 3.99. The van der Waals surface area contributed by atoms with Crippen LogP contribution in [-0.2, 0) is 9.53 Å². The molecule has 0 aliphatic carbocycles. The lowest BCUT2D eigenvalue weighted by molar-refractivity contribution is -0.174. The number of halogens is 5. The van der Waals surface area contributed by atoms with Gasteiger partial charge in [-0.15, -0.1) is 12.4 Å². The van der Waals surface area contributed by atoms with E-state index in [1.165, 1.54) is 6.92 Å². The van der Waals surface area contributed by atoms with Crippen molar-refractivity contribution in [3.63, 3.8) is 0 Å². The van der Waals surface area contributed by atoms with Crippen LogP contribution in [0.25, 0.3) is 0 Å². The molecule has 0 spiro atoms. The number of ether oxygens (including phenoxy) is 1. The van der Waals surface area contributed by atoms with Crippen molar-refractivity contribution in [1.29, 1.82) is 0 Å². The van der Waals surface area contributed by atoms with Gasteiger partial charge in [-0.1, -0.05) is 17.7 Å². The SMILES string of the molecule is CCOC(=O)C(F)(F)[C@@H](N)c1ccc(F)cc1Cl.Cl. The van der Waals surface area contributed by atoms with E-state index in [0.717, 1.165) is 18.2 Å². The van der Waals surface area contributed by atoms with Gasteiger partial charge in [0, 0.05) is 5.02 Å². The number of esters is 1. The van der Waals surface area contributed by atoms with Gasteiger partial charge in [-0.3, -0.25) is 0 Å². The van der Waals surface area contributed by atoms with E-state index < -0.39 is 23.8 Å². The minimum atomic E-state index is -3.93. The zero-order valence-electron chi connectivity index (χ0n) is 9.83. The molecule has 1 aromatic rings. The number of alkyl halides is 2. The maximum atomic E-state index is 13.6. The van der Waals surface area contributed by atoms with E-state index >= 15 is 0 Å². The minimum absolute atomic E-state index is 0. The maximum absolute atomic E-state index is 13.6. The molecule has 0 saturated heterocycles. The topological polar surface area (TPSA) is 52.3 Å². The standard InChI is InChI=1S/C11H11ClF3NO2.ClH/c1-2-18-10(17)11(14,15)9(16)7-4-3-6(13)5-8(7)12;/h3-5,9H,2,16H2,1H3;1H/t9-;/m0./s1. The van der Waals surface area contributed by atoms with E-state index in [0.29, 0.717) is 0 Å². The highest BCUT2D eigenvalue weighted by molar-refractivity contribution is 6.31. The molecular weight excluding hydrogens is 306 g/mol. The van der Waals surface area contributed by atoms with Crippen LogP contribution in [0.1, 0.15) is 18.5 Å². The number of rotatable bonds is 4. The van der Waals surface area contributed by atoms with Gasteiger partial charge in [0.2, 0.25) is 0 Å². The molecule has 0 amide bonds. The van der Waals surface area contributed by atoms with Gasteiger partial charge in [0.25, 0.3) is 0 Å². The van der Waals surface area contributed by atoms with Gasteiger partial charge in [-0.25, -0.2) is 9.18 Å². The van der Waals surface area contributed by atoms with E-state index in [9.17, 15) is 18.0 Å². The second kappa shape index (κ2) is 6.98. The van der Waals surface area contributed by atoms with Crippen LogP contribution in [-0.4, -0.2) is 18.5 Å². The Bertz CT molecular complexity index is 458. The summed E-state index contributed by atoms with van der Waals surface area (Å²) in [4.78, 5) is 11.1. The van der Waals surface area contributed by atoms with Gasteiger partial charge in [-0.2, -0.15) is 8.78 Å². The molecule has 0 unspecified atom stereocenters. The minimum Gasteiger partial charge on any atom is -0.462 e. The van der Waals surface area contributed by atoms with E-state index in [2.05, 4.69) is 4.74 Å². The van der Waals surface area contributed by atoms with Crippen molar-refractivity contribution in [3.05, 3.63) is 34.6 Å². The van der Waals surface area contributed by atoms with Crippen LogP contribution in [0.2, 0.25) is 5.02 Å². The number of benzene rings is 1. The van der Waals surface area contributed by atoms with Gasteiger partial charge in [0.15, 0.2) is 0 Å². The smallest absolute Gasteiger partial charge is 0.379 e. The molecule has 1 aromatic carbocycles. The van der Waals surface area contributed by atoms with Crippen molar-refractivity contribution in [2.75, 3.05) is 6.61 Å². The molecule has 1 atom stereocenters. The van der Waals surface area contributed by atoms with E-state index in [4.69, 9.17) is 17.3 Å². The Morgan fingerprint density at radius 1 is 1.53 bits per heavy atom. The molecule has 1 rings (SSSR count). The molecule has 0 aromatic heterocycles. The quantitative estimate of drug-likeness (QED) is 0.868. The fourth-order valence-corrected chi connectivity index (χ4v) is 1.59. The number of carbonyl (C=O) groups is 1. The van der Waals surface area contributed by atoms with Crippen LogP contribution >= 0.6 is 24.0 Å². The van der Waals surface area contributed by atoms with Crippen molar-refractivity contribution in [2.45, 2.75) is 18.9 Å². The van der Waals surface area contributed by atoms with Crippen LogP contribution in [0.3, 0.4) is 0 Å². The van der Waals surface area contributed by atoms with Crippen LogP contribution < -0.4 is 5.73 Å². The van der Waals surface area contributed by atoms with Crippen LogP contribution in [0.4, 0.5) is 13.2 Å². The number of carbonyl (C=O) groups excluding carboxylic acids is 1. The molecule has 0 saturated carbocycles. The summed E-state index contributed by atoms with van der Waals surface area (Å²) in [5.74, 6) is -6.36. The molecule has 19 heavy (non-hydrogen) atoms. The first-order valence-corrected chi connectivity index (χ1v) is 5.44. The van der Waals surface area contributed by atoms with Crippen molar-refractivity contribution in [2.24, 2.45) is 5.73 Å². The van der Waals surface area contributed by atoms with Gasteiger partial charge in [0.05, 0.1) is 6.61 Å². The summed E-state index contributed by atoms with van der Waals surface area (Å²) >= 11 is 5.61. The van der Waals surface area contributed by atoms with Gasteiger partial charge < -0.3 is 10.5 Å². The summed E-state index contributed by atoms with van der Waals surface area (Å²) < 4.78 is 44.2. The number of hydrogen-bond acceptors (Lipinski definition) is 3. The highest BCUT2D eigenvalue weighted by atomic mass is 35.5. The lowest BCUT2D eigenvalue weighted by Crippen LogP contribution is -2.41. The Labute approximate surface area is 119 Å². The Kier molecular flexibility index (Phi) is 6.62. The van der Waals surface area contributed by atoms with Crippen molar-refractivity contribution >= 4 is 30.0 Å². The first kappa shape index (κ1) is 18.0. The van der Waals surface area contributed by atoms with E-state index in [1.54, 1.807) is 0 Å². The Balaban J connectivity index is 0.00000324. The second-order valence-electron chi connectivity index (χ2n) is 3.49. The fourth-order valence-electron chi connectivity index (χ4n) is 1.30. The molecule has 0 fully saturated rings. The van der Waals surface area contributed by atoms with Gasteiger partial charge >= 0.3 is 11.9 Å². The fraction of sp³-hybridized carbons (Fsp3) is 0.364. The van der Waals surface area contributed by atoms with Crippen LogP contribution in [0.5, 0.6) is 0 Å². The highest BCUT2D eigenvalue weighted by Crippen LogP contribution is 2.34. The number of hydrogen-bond donors (Lipinski definition) is 1. The van der Waals surface area contributed by atoms with Crippen LogP contribution in [0.15, 0.2) is 18.2 Å². The lowest BCUT2D eigenvalue weighted by Gasteiger charge is -2.22. The van der Waals surface area contributed by atoms with E-state index in [1.807, 2.05) is 0 Å². The first-order valence-electron chi connectivity index (χ1n) is 5.06. The summed E-state index contributed by atoms with van der Waals surface area (Å²) in [5.41, 5.74) is 5.07. The van der Waals surface area contributed by atoms with Crippen LogP contribution in [0, 0.1) is 5.82 Å². The summed E-state index contributed by atoms with van der Waals surface area (Å²) in [6.07, 6.45) is 0. The average Bonchev–Trinajstić information content (AvgIpc) is 2.28. The average molecular weight is 318 g/mol. The van der Waals surface area contributed by atoms with Gasteiger partial charge in [-0.05, 0) is 24.6 Å². The molecule has 0 heterocycles. The lowest BCUT2D eigenvalue weighted by atomic mass is 10.0. The Morgan fingerprint density at radius 3 is 2.58 bits per heavy atom. The third-order valence-electron chi connectivity index (χ3n) is 2.24. The van der Waals surface area contributed by atoms with Crippen molar-refractivity contribution in [3.8, 4) is 0 Å². The second-order valence-corrected chi connectivity index (χ2v) is 3.89. The third-order valence-corrected chi connectivity index (χ3v) is 2.56. The predicted molar refractivity (Wildman–Crippen MR) is 67.2 cm³/mol. The van der Waals surface area contributed by atoms with E-state index in [-0.39, 0.29) is 29.6 Å². The Morgan fingerprint density at radius 2 is 2.11 bits per heavy atom. The molecular formula is C11H12Cl2F3NO2. The zero-order valence-corrected chi connectivity index (χ0v) is 11.4. The molecule has 2 N–H and O–H groups in total. The number of nitrogens with two attached hydrogens (primary N) is 1. The normalized spacial score (nSPS) is 12.5. The molecule has 3 nitrogen and oxygen atoms in total. The zero-order chi connectivity index (χ0) is 13.9. The molecule has 108 valence electrons. The van der Waals surface area contributed by atoms with Gasteiger partial charge in [0.1, 0.15) is 11.9 Å². The molecule has 0 bridgehead atoms. The maximum Gasteiger partial charge on any atom is 0.379 e. The molecule has 0 aliphatic heterocycles. The molecule has 0 aliphatic rings.